The first-order chi connectivity index (χ1) is 13.2. The van der Waals surface area contributed by atoms with E-state index in [1.807, 2.05) is 6.07 Å². The van der Waals surface area contributed by atoms with Gasteiger partial charge in [-0.15, -0.1) is 0 Å². The van der Waals surface area contributed by atoms with Crippen LogP contribution in [0.3, 0.4) is 0 Å². The molecule has 0 aromatic heterocycles. The molecule has 0 amide bonds. The van der Waals surface area contributed by atoms with Crippen molar-refractivity contribution in [2.24, 2.45) is 17.8 Å². The van der Waals surface area contributed by atoms with Gasteiger partial charge in [-0.1, -0.05) is 30.5 Å². The summed E-state index contributed by atoms with van der Waals surface area (Å²) in [6, 6.07) is 4.93. The summed E-state index contributed by atoms with van der Waals surface area (Å²) in [5.41, 5.74) is 0.861. The Morgan fingerprint density at radius 3 is 2.22 bits per heavy atom. The molecule has 4 rings (SSSR count). The van der Waals surface area contributed by atoms with E-state index in [9.17, 15) is 4.39 Å². The zero-order chi connectivity index (χ0) is 18.6. The van der Waals surface area contributed by atoms with Crippen LogP contribution in [0.15, 0.2) is 18.2 Å². The highest BCUT2D eigenvalue weighted by molar-refractivity contribution is 6.30. The second-order valence-corrected chi connectivity index (χ2v) is 8.98. The van der Waals surface area contributed by atoms with Crippen molar-refractivity contribution < 1.29 is 18.9 Å². The van der Waals surface area contributed by atoms with E-state index in [-0.39, 0.29) is 17.1 Å². The van der Waals surface area contributed by atoms with Crippen molar-refractivity contribution in [3.8, 4) is 0 Å². The molecule has 0 atom stereocenters. The van der Waals surface area contributed by atoms with Crippen LogP contribution in [-0.2, 0) is 21.1 Å². The molecular formula is C22H30ClFO3. The third kappa shape index (κ3) is 5.66. The van der Waals surface area contributed by atoms with Gasteiger partial charge in [0.15, 0.2) is 0 Å². The molecule has 1 aromatic carbocycles. The van der Waals surface area contributed by atoms with E-state index >= 15 is 0 Å². The van der Waals surface area contributed by atoms with Crippen molar-refractivity contribution in [3.05, 3.63) is 34.6 Å². The SMILES string of the molecule is Fc1cc(COC2CCC(C3CCC(CCC4OO4)CC3)CC2)ccc1Cl. The third-order valence-corrected chi connectivity index (χ3v) is 7.10. The summed E-state index contributed by atoms with van der Waals surface area (Å²) < 4.78 is 19.6. The van der Waals surface area contributed by atoms with Crippen LogP contribution in [0.4, 0.5) is 4.39 Å². The van der Waals surface area contributed by atoms with Gasteiger partial charge in [-0.05, 0) is 80.4 Å². The highest BCUT2D eigenvalue weighted by Gasteiger charge is 2.32. The molecule has 1 saturated heterocycles. The average molecular weight is 397 g/mol. The molecule has 3 aliphatic rings. The van der Waals surface area contributed by atoms with Crippen LogP contribution in [0.5, 0.6) is 0 Å². The van der Waals surface area contributed by atoms with Crippen LogP contribution >= 0.6 is 11.6 Å². The summed E-state index contributed by atoms with van der Waals surface area (Å²) in [6.07, 6.45) is 13.1. The fourth-order valence-electron chi connectivity index (χ4n) is 5.03. The van der Waals surface area contributed by atoms with Gasteiger partial charge >= 0.3 is 0 Å². The molecule has 0 bridgehead atoms. The molecule has 1 aliphatic heterocycles. The maximum absolute atomic E-state index is 13.5. The largest absolute Gasteiger partial charge is 0.374 e. The highest BCUT2D eigenvalue weighted by Crippen LogP contribution is 2.42. The quantitative estimate of drug-likeness (QED) is 0.393. The minimum atomic E-state index is -0.366. The first-order valence-corrected chi connectivity index (χ1v) is 10.9. The lowest BCUT2D eigenvalue weighted by Gasteiger charge is -2.37. The molecular weight excluding hydrogens is 367 g/mol. The summed E-state index contributed by atoms with van der Waals surface area (Å²) in [4.78, 5) is 9.70. The summed E-state index contributed by atoms with van der Waals surface area (Å²) in [7, 11) is 0. The van der Waals surface area contributed by atoms with E-state index in [0.29, 0.717) is 12.7 Å². The topological polar surface area (TPSA) is 34.3 Å². The number of halogens is 2. The predicted octanol–water partition coefficient (Wildman–Crippen LogP) is 6.43. The maximum Gasteiger partial charge on any atom is 0.224 e. The Morgan fingerprint density at radius 2 is 1.59 bits per heavy atom. The molecule has 2 saturated carbocycles. The Labute approximate surface area is 166 Å². The summed E-state index contributed by atoms with van der Waals surface area (Å²) in [6.45, 7) is 0.475. The zero-order valence-corrected chi connectivity index (χ0v) is 16.6. The lowest BCUT2D eigenvalue weighted by atomic mass is 9.70. The molecule has 150 valence electrons. The predicted molar refractivity (Wildman–Crippen MR) is 103 cm³/mol. The smallest absolute Gasteiger partial charge is 0.224 e. The molecule has 1 aromatic rings. The van der Waals surface area contributed by atoms with Crippen molar-refractivity contribution in [2.45, 2.75) is 83.2 Å². The number of ether oxygens (including phenoxy) is 1. The minimum Gasteiger partial charge on any atom is -0.374 e. The summed E-state index contributed by atoms with van der Waals surface area (Å²) in [5.74, 6) is 2.28. The van der Waals surface area contributed by atoms with E-state index in [4.69, 9.17) is 26.1 Å². The van der Waals surface area contributed by atoms with E-state index in [1.54, 1.807) is 6.07 Å². The Bertz CT molecular complexity index is 606. The van der Waals surface area contributed by atoms with E-state index in [2.05, 4.69) is 0 Å². The molecule has 1 heterocycles. The molecule has 0 unspecified atom stereocenters. The molecule has 2 aliphatic carbocycles. The molecule has 0 radical (unpaired) electrons. The van der Waals surface area contributed by atoms with Gasteiger partial charge in [0.05, 0.1) is 17.7 Å². The van der Waals surface area contributed by atoms with Gasteiger partial charge in [-0.25, -0.2) is 4.39 Å². The number of benzene rings is 1. The third-order valence-electron chi connectivity index (χ3n) is 6.79. The first-order valence-electron chi connectivity index (χ1n) is 10.5. The van der Waals surface area contributed by atoms with Gasteiger partial charge < -0.3 is 4.74 Å². The van der Waals surface area contributed by atoms with Crippen molar-refractivity contribution >= 4 is 11.6 Å². The average Bonchev–Trinajstić information content (AvgIpc) is 3.53. The lowest BCUT2D eigenvalue weighted by Crippen LogP contribution is -2.28. The maximum atomic E-state index is 13.5. The molecule has 5 heteroatoms. The van der Waals surface area contributed by atoms with Gasteiger partial charge in [0, 0.05) is 6.42 Å². The van der Waals surface area contributed by atoms with E-state index in [0.717, 1.165) is 42.6 Å². The zero-order valence-electron chi connectivity index (χ0n) is 15.9. The van der Waals surface area contributed by atoms with Gasteiger partial charge in [0.2, 0.25) is 6.29 Å². The molecule has 3 nitrogen and oxygen atoms in total. The van der Waals surface area contributed by atoms with Crippen LogP contribution in [0, 0.1) is 23.6 Å². The fraction of sp³-hybridized carbons (Fsp3) is 0.727. The number of rotatable bonds is 7. The van der Waals surface area contributed by atoms with Crippen LogP contribution < -0.4 is 0 Å². The first kappa shape index (κ1) is 19.6. The Morgan fingerprint density at radius 1 is 0.926 bits per heavy atom. The Kier molecular flexibility index (Phi) is 6.70. The minimum absolute atomic E-state index is 0.0994. The van der Waals surface area contributed by atoms with Crippen molar-refractivity contribution in [2.75, 3.05) is 0 Å². The summed E-state index contributed by atoms with van der Waals surface area (Å²) in [5, 5.41) is 0.170. The van der Waals surface area contributed by atoms with Crippen molar-refractivity contribution in [1.29, 1.82) is 0 Å². The van der Waals surface area contributed by atoms with E-state index in [1.165, 1.54) is 51.0 Å². The van der Waals surface area contributed by atoms with Crippen LogP contribution in [0.2, 0.25) is 5.02 Å². The second kappa shape index (κ2) is 9.21. The number of hydrogen-bond acceptors (Lipinski definition) is 3. The van der Waals surface area contributed by atoms with Crippen LogP contribution in [-0.4, -0.2) is 12.4 Å². The lowest BCUT2D eigenvalue weighted by molar-refractivity contribution is -0.00295. The number of hydrogen-bond donors (Lipinski definition) is 0. The van der Waals surface area contributed by atoms with Crippen LogP contribution in [0.1, 0.15) is 69.8 Å². The van der Waals surface area contributed by atoms with Crippen LogP contribution in [0.25, 0.3) is 0 Å². The standard InChI is InChI=1S/C22H30ClFO3/c23-20-11-3-16(13-21(20)24)14-25-19-9-7-18(8-10-19)17-5-1-15(2-6-17)4-12-22-26-27-22/h3,11,13,15,17-19,22H,1-2,4-10,12,14H2. The molecule has 27 heavy (non-hydrogen) atoms. The second-order valence-electron chi connectivity index (χ2n) is 8.58. The molecule has 3 fully saturated rings. The van der Waals surface area contributed by atoms with Gasteiger partial charge in [-0.3, -0.25) is 0 Å². The van der Waals surface area contributed by atoms with Crippen molar-refractivity contribution in [3.63, 3.8) is 0 Å². The highest BCUT2D eigenvalue weighted by atomic mass is 35.5. The van der Waals surface area contributed by atoms with Gasteiger partial charge in [0.1, 0.15) is 5.82 Å². The fourth-order valence-corrected chi connectivity index (χ4v) is 5.14. The Balaban J connectivity index is 1.14. The molecule has 0 N–H and O–H groups in total. The summed E-state index contributed by atoms with van der Waals surface area (Å²) >= 11 is 5.74. The molecule has 0 spiro atoms. The normalized spacial score (nSPS) is 31.8. The monoisotopic (exact) mass is 396 g/mol. The Hall–Kier alpha value is -0.680. The van der Waals surface area contributed by atoms with Crippen molar-refractivity contribution in [1.82, 2.24) is 0 Å². The van der Waals surface area contributed by atoms with Gasteiger partial charge in [-0.2, -0.15) is 9.78 Å². The van der Waals surface area contributed by atoms with Gasteiger partial charge in [0.25, 0.3) is 0 Å². The van der Waals surface area contributed by atoms with E-state index < -0.39 is 0 Å².